The lowest BCUT2D eigenvalue weighted by Gasteiger charge is -2.06. The van der Waals surface area contributed by atoms with Crippen LogP contribution in [0.4, 0.5) is 11.4 Å². The standard InChI is InChI=1S/C8H16OS2.C7H4N2O6/c1-2-3-4-8-10-6-7(5-9)11-8;10-7(11)4-1-5(8(12)13)3-6(2-4)9(14)15/h7-9H,2-6H2,1H3;1-3H,(H,10,11)/t7-,8-;/m1./s1. The smallest absolute Gasteiger partial charge is 0.336 e. The summed E-state index contributed by atoms with van der Waals surface area (Å²) in [7, 11) is 0. The first-order valence-corrected chi connectivity index (χ1v) is 9.82. The first kappa shape index (κ1) is 22.2. The molecular weight excluding hydrogens is 384 g/mol. The molecule has 0 amide bonds. The third-order valence-electron chi connectivity index (χ3n) is 3.38. The fourth-order valence-corrected chi connectivity index (χ4v) is 5.31. The highest BCUT2D eigenvalue weighted by molar-refractivity contribution is 8.20. The maximum atomic E-state index is 10.5. The van der Waals surface area contributed by atoms with Gasteiger partial charge in [0.05, 0.1) is 32.7 Å². The van der Waals surface area contributed by atoms with Gasteiger partial charge in [0.25, 0.3) is 11.4 Å². The number of nitrogens with zero attached hydrogens (tertiary/aromatic N) is 2. The summed E-state index contributed by atoms with van der Waals surface area (Å²) in [5.41, 5.74) is -1.74. The number of non-ortho nitro benzene ring substituents is 2. The van der Waals surface area contributed by atoms with Crippen molar-refractivity contribution in [3.8, 4) is 0 Å². The summed E-state index contributed by atoms with van der Waals surface area (Å²) in [6.07, 6.45) is 3.95. The van der Waals surface area contributed by atoms with Crippen LogP contribution < -0.4 is 0 Å². The van der Waals surface area contributed by atoms with Gasteiger partial charge in [-0.2, -0.15) is 0 Å². The van der Waals surface area contributed by atoms with E-state index in [0.717, 1.165) is 22.5 Å². The average molecular weight is 404 g/mol. The molecule has 1 heterocycles. The van der Waals surface area contributed by atoms with Crippen LogP contribution in [-0.2, 0) is 0 Å². The fourth-order valence-electron chi connectivity index (χ4n) is 2.06. The average Bonchev–Trinajstić information content (AvgIpc) is 3.08. The van der Waals surface area contributed by atoms with Gasteiger partial charge in [0, 0.05) is 23.1 Å². The maximum absolute atomic E-state index is 10.5. The number of aliphatic hydroxyl groups is 1. The number of nitro benzene ring substituents is 2. The minimum atomic E-state index is -1.46. The molecule has 0 spiro atoms. The molecule has 1 saturated heterocycles. The molecule has 0 aromatic heterocycles. The molecule has 1 fully saturated rings. The molecule has 11 heteroatoms. The summed E-state index contributed by atoms with van der Waals surface area (Å²) in [5, 5.41) is 38.6. The van der Waals surface area contributed by atoms with E-state index < -0.39 is 32.8 Å². The second-order valence-electron chi connectivity index (χ2n) is 5.40. The quantitative estimate of drug-likeness (QED) is 0.515. The molecule has 2 atom stereocenters. The number of hydrogen-bond donors (Lipinski definition) is 2. The van der Waals surface area contributed by atoms with E-state index in [1.54, 1.807) is 0 Å². The number of carboxylic acid groups (broad SMARTS) is 1. The molecule has 0 aliphatic carbocycles. The lowest BCUT2D eigenvalue weighted by molar-refractivity contribution is -0.394. The van der Waals surface area contributed by atoms with Crippen LogP contribution in [0.15, 0.2) is 18.2 Å². The highest BCUT2D eigenvalue weighted by Crippen LogP contribution is 2.40. The summed E-state index contributed by atoms with van der Waals surface area (Å²) in [5.74, 6) is -0.308. The molecule has 144 valence electrons. The Labute approximate surface area is 158 Å². The summed E-state index contributed by atoms with van der Waals surface area (Å²) >= 11 is 3.98. The van der Waals surface area contributed by atoms with Gasteiger partial charge in [0.15, 0.2) is 0 Å². The van der Waals surface area contributed by atoms with E-state index in [4.69, 9.17) is 10.2 Å². The molecule has 1 aliphatic heterocycles. The SMILES string of the molecule is CCCC[C@@H]1SC[C@@H](CO)S1.O=C(O)c1cc([N+](=O)[O-])cc([N+](=O)[O-])c1. The van der Waals surface area contributed by atoms with Crippen molar-refractivity contribution in [3.63, 3.8) is 0 Å². The number of hydrogen-bond acceptors (Lipinski definition) is 8. The number of carboxylic acids is 1. The monoisotopic (exact) mass is 404 g/mol. The molecule has 1 aromatic carbocycles. The summed E-state index contributed by atoms with van der Waals surface area (Å²) in [4.78, 5) is 29.4. The van der Waals surface area contributed by atoms with E-state index in [-0.39, 0.29) is 0 Å². The van der Waals surface area contributed by atoms with Gasteiger partial charge in [-0.05, 0) is 6.42 Å². The Morgan fingerprint density at radius 2 is 1.81 bits per heavy atom. The fraction of sp³-hybridized carbons (Fsp3) is 0.533. The zero-order chi connectivity index (χ0) is 19.7. The normalized spacial score (nSPS) is 18.7. The summed E-state index contributed by atoms with van der Waals surface area (Å²) < 4.78 is 0.770. The predicted molar refractivity (Wildman–Crippen MR) is 101 cm³/mol. The lowest BCUT2D eigenvalue weighted by Crippen LogP contribution is -2.06. The number of aromatic carboxylic acids is 1. The Morgan fingerprint density at radius 3 is 2.19 bits per heavy atom. The van der Waals surface area contributed by atoms with Crippen molar-refractivity contribution in [1.82, 2.24) is 0 Å². The van der Waals surface area contributed by atoms with Crippen LogP contribution in [0, 0.1) is 20.2 Å². The minimum Gasteiger partial charge on any atom is -0.478 e. The van der Waals surface area contributed by atoms with Crippen molar-refractivity contribution < 1.29 is 24.9 Å². The number of rotatable bonds is 7. The van der Waals surface area contributed by atoms with Crippen molar-refractivity contribution in [2.75, 3.05) is 12.4 Å². The van der Waals surface area contributed by atoms with Crippen molar-refractivity contribution in [2.24, 2.45) is 0 Å². The van der Waals surface area contributed by atoms with Gasteiger partial charge >= 0.3 is 5.97 Å². The van der Waals surface area contributed by atoms with Crippen LogP contribution in [0.1, 0.15) is 36.5 Å². The van der Waals surface area contributed by atoms with Gasteiger partial charge in [-0.3, -0.25) is 20.2 Å². The molecule has 0 bridgehead atoms. The Balaban J connectivity index is 0.000000273. The van der Waals surface area contributed by atoms with Crippen molar-refractivity contribution in [2.45, 2.75) is 36.0 Å². The number of benzene rings is 1. The molecule has 9 nitrogen and oxygen atoms in total. The topological polar surface area (TPSA) is 144 Å². The first-order chi connectivity index (χ1) is 12.3. The van der Waals surface area contributed by atoms with Gasteiger partial charge in [-0.15, -0.1) is 23.5 Å². The molecule has 0 saturated carbocycles. The van der Waals surface area contributed by atoms with Gasteiger partial charge < -0.3 is 10.2 Å². The Morgan fingerprint density at radius 1 is 1.23 bits per heavy atom. The molecule has 26 heavy (non-hydrogen) atoms. The van der Waals surface area contributed by atoms with Gasteiger partial charge in [0.1, 0.15) is 0 Å². The number of unbranched alkanes of at least 4 members (excludes halogenated alkanes) is 1. The van der Waals surface area contributed by atoms with Crippen LogP contribution >= 0.6 is 23.5 Å². The Hall–Kier alpha value is -1.85. The zero-order valence-electron chi connectivity index (χ0n) is 14.1. The summed E-state index contributed by atoms with van der Waals surface area (Å²) in [6, 6.07) is 2.22. The van der Waals surface area contributed by atoms with Crippen molar-refractivity contribution >= 4 is 40.9 Å². The van der Waals surface area contributed by atoms with E-state index in [0.29, 0.717) is 17.9 Å². The number of nitro groups is 2. The molecule has 1 aromatic rings. The van der Waals surface area contributed by atoms with E-state index >= 15 is 0 Å². The Kier molecular flexibility index (Phi) is 9.38. The number of thioether (sulfide) groups is 2. The predicted octanol–water partition coefficient (Wildman–Crippen LogP) is 3.54. The van der Waals surface area contributed by atoms with E-state index in [1.807, 2.05) is 23.5 Å². The van der Waals surface area contributed by atoms with Crippen LogP contribution in [0.25, 0.3) is 0 Å². The molecule has 1 aliphatic rings. The Bertz CT molecular complexity index is 578. The van der Waals surface area contributed by atoms with Crippen LogP contribution in [-0.4, -0.2) is 48.2 Å². The number of aliphatic hydroxyl groups excluding tert-OH is 1. The van der Waals surface area contributed by atoms with E-state index in [2.05, 4.69) is 6.92 Å². The highest BCUT2D eigenvalue weighted by Gasteiger charge is 2.24. The van der Waals surface area contributed by atoms with E-state index in [9.17, 15) is 25.0 Å². The molecule has 0 radical (unpaired) electrons. The maximum Gasteiger partial charge on any atom is 0.336 e. The van der Waals surface area contributed by atoms with Crippen LogP contribution in [0.5, 0.6) is 0 Å². The molecule has 0 unspecified atom stereocenters. The van der Waals surface area contributed by atoms with Gasteiger partial charge in [0.2, 0.25) is 0 Å². The van der Waals surface area contributed by atoms with Crippen LogP contribution in [0.3, 0.4) is 0 Å². The van der Waals surface area contributed by atoms with Crippen molar-refractivity contribution in [1.29, 1.82) is 0 Å². The summed E-state index contributed by atoms with van der Waals surface area (Å²) in [6.45, 7) is 2.59. The second kappa shape index (κ2) is 11.0. The van der Waals surface area contributed by atoms with Gasteiger partial charge in [-0.1, -0.05) is 19.8 Å². The zero-order valence-corrected chi connectivity index (χ0v) is 15.7. The minimum absolute atomic E-state index is 0.361. The molecule has 2 rings (SSSR count). The highest BCUT2D eigenvalue weighted by atomic mass is 32.2. The molecular formula is C15H20N2O7S2. The third-order valence-corrected chi connectivity index (χ3v) is 6.78. The van der Waals surface area contributed by atoms with E-state index in [1.165, 1.54) is 19.3 Å². The second-order valence-corrected chi connectivity index (χ2v) is 8.45. The lowest BCUT2D eigenvalue weighted by atomic mass is 10.2. The molecule has 2 N–H and O–H groups in total. The largest absolute Gasteiger partial charge is 0.478 e. The van der Waals surface area contributed by atoms with Crippen molar-refractivity contribution in [3.05, 3.63) is 44.0 Å². The van der Waals surface area contributed by atoms with Gasteiger partial charge in [-0.25, -0.2) is 4.79 Å². The number of carbonyl (C=O) groups is 1. The third kappa shape index (κ3) is 7.18. The first-order valence-electron chi connectivity index (χ1n) is 7.83. The van der Waals surface area contributed by atoms with Crippen LogP contribution in [0.2, 0.25) is 0 Å².